The number of carbonyl (C=O) groups excluding carboxylic acids is 2. The smallest absolute Gasteiger partial charge is 0.410 e. The van der Waals surface area contributed by atoms with Gasteiger partial charge in [-0.3, -0.25) is 0 Å². The molecular formula is C15H27NO3. The minimum Gasteiger partial charge on any atom is -0.444 e. The maximum absolute atomic E-state index is 12.3. The number of aldehydes is 1. The Morgan fingerprint density at radius 1 is 1.32 bits per heavy atom. The van der Waals surface area contributed by atoms with Crippen molar-refractivity contribution < 1.29 is 14.3 Å². The third kappa shape index (κ3) is 5.21. The van der Waals surface area contributed by atoms with Crippen LogP contribution in [0, 0.1) is 5.92 Å². The van der Waals surface area contributed by atoms with Crippen LogP contribution >= 0.6 is 0 Å². The molecule has 0 saturated heterocycles. The molecule has 0 aromatic rings. The van der Waals surface area contributed by atoms with Gasteiger partial charge in [-0.05, 0) is 39.5 Å². The van der Waals surface area contributed by atoms with Gasteiger partial charge in [0.05, 0.1) is 0 Å². The van der Waals surface area contributed by atoms with Crippen molar-refractivity contribution in [3.05, 3.63) is 0 Å². The van der Waals surface area contributed by atoms with Crippen LogP contribution in [0.5, 0.6) is 0 Å². The lowest BCUT2D eigenvalue weighted by atomic mass is 9.85. The summed E-state index contributed by atoms with van der Waals surface area (Å²) in [4.78, 5) is 24.7. The van der Waals surface area contributed by atoms with E-state index in [9.17, 15) is 9.59 Å². The Kier molecular flexibility index (Phi) is 5.83. The molecular weight excluding hydrogens is 242 g/mol. The molecule has 1 unspecified atom stereocenters. The summed E-state index contributed by atoms with van der Waals surface area (Å²) in [5, 5.41) is 0. The summed E-state index contributed by atoms with van der Waals surface area (Å²) in [6.07, 6.45) is 5.49. The number of amides is 1. The Hall–Kier alpha value is -1.06. The number of rotatable bonds is 4. The molecule has 4 nitrogen and oxygen atoms in total. The molecule has 4 heteroatoms. The predicted octanol–water partition coefficient (Wildman–Crippen LogP) is 3.39. The lowest BCUT2D eigenvalue weighted by Gasteiger charge is -2.39. The summed E-state index contributed by atoms with van der Waals surface area (Å²) < 4.78 is 5.47. The normalized spacial score (nSPS) is 23.8. The molecule has 0 aromatic heterocycles. The van der Waals surface area contributed by atoms with Crippen molar-refractivity contribution in [2.24, 2.45) is 5.92 Å². The van der Waals surface area contributed by atoms with E-state index in [-0.39, 0.29) is 12.1 Å². The van der Waals surface area contributed by atoms with E-state index in [1.54, 1.807) is 4.90 Å². The SMILES string of the molecule is C[C@H]1CCCCC1N(CCC=O)C(=O)OC(C)(C)C. The van der Waals surface area contributed by atoms with Gasteiger partial charge in [-0.2, -0.15) is 0 Å². The van der Waals surface area contributed by atoms with Gasteiger partial charge in [-0.15, -0.1) is 0 Å². The molecule has 1 fully saturated rings. The molecule has 2 atom stereocenters. The molecule has 110 valence electrons. The average Bonchev–Trinajstić information content (AvgIpc) is 2.29. The third-order valence-electron chi connectivity index (χ3n) is 3.58. The average molecular weight is 269 g/mol. The van der Waals surface area contributed by atoms with Gasteiger partial charge in [0.1, 0.15) is 11.9 Å². The van der Waals surface area contributed by atoms with Crippen molar-refractivity contribution in [2.45, 2.75) is 71.4 Å². The van der Waals surface area contributed by atoms with Crippen molar-refractivity contribution >= 4 is 12.4 Å². The van der Waals surface area contributed by atoms with E-state index in [1.165, 1.54) is 6.42 Å². The highest BCUT2D eigenvalue weighted by atomic mass is 16.6. The zero-order valence-electron chi connectivity index (χ0n) is 12.6. The molecule has 0 N–H and O–H groups in total. The quantitative estimate of drug-likeness (QED) is 0.735. The summed E-state index contributed by atoms with van der Waals surface area (Å²) in [5.74, 6) is 0.480. The molecule has 1 amide bonds. The van der Waals surface area contributed by atoms with Crippen molar-refractivity contribution in [3.8, 4) is 0 Å². The fourth-order valence-electron chi connectivity index (χ4n) is 2.66. The molecule has 1 aliphatic rings. The standard InChI is InChI=1S/C15H27NO3/c1-12-8-5-6-9-13(12)16(10-7-11-17)14(18)19-15(2,3)4/h11-13H,5-10H2,1-4H3/t12-,13?/m0/s1. The van der Waals surface area contributed by atoms with E-state index < -0.39 is 5.60 Å². The monoisotopic (exact) mass is 269 g/mol. The van der Waals surface area contributed by atoms with Crippen molar-refractivity contribution in [1.82, 2.24) is 4.90 Å². The minimum atomic E-state index is -0.492. The van der Waals surface area contributed by atoms with E-state index in [1.807, 2.05) is 20.8 Å². The molecule has 0 heterocycles. The van der Waals surface area contributed by atoms with Crippen molar-refractivity contribution in [1.29, 1.82) is 0 Å². The zero-order chi connectivity index (χ0) is 14.5. The highest BCUT2D eigenvalue weighted by Gasteiger charge is 2.32. The summed E-state index contributed by atoms with van der Waals surface area (Å²) >= 11 is 0. The van der Waals surface area contributed by atoms with E-state index in [4.69, 9.17) is 4.74 Å². The molecule has 0 radical (unpaired) electrons. The Labute approximate surface area is 116 Å². The second kappa shape index (κ2) is 6.92. The van der Waals surface area contributed by atoms with E-state index in [2.05, 4.69) is 6.92 Å². The van der Waals surface area contributed by atoms with Gasteiger partial charge in [0, 0.05) is 19.0 Å². The van der Waals surface area contributed by atoms with Gasteiger partial charge in [-0.25, -0.2) is 4.79 Å². The minimum absolute atomic E-state index is 0.212. The Balaban J connectivity index is 2.74. The summed E-state index contributed by atoms with van der Waals surface area (Å²) in [7, 11) is 0. The number of carbonyl (C=O) groups is 2. The van der Waals surface area contributed by atoms with Crippen LogP contribution in [0.15, 0.2) is 0 Å². The molecule has 0 spiro atoms. The second-order valence-corrected chi connectivity index (χ2v) is 6.46. The topological polar surface area (TPSA) is 46.6 Å². The number of hydrogen-bond acceptors (Lipinski definition) is 3. The molecule has 1 saturated carbocycles. The van der Waals surface area contributed by atoms with E-state index >= 15 is 0 Å². The summed E-state index contributed by atoms with van der Waals surface area (Å²) in [6, 6.07) is 0.212. The largest absolute Gasteiger partial charge is 0.444 e. The highest BCUT2D eigenvalue weighted by Crippen LogP contribution is 2.29. The van der Waals surface area contributed by atoms with Crippen LogP contribution in [0.3, 0.4) is 0 Å². The van der Waals surface area contributed by atoms with Crippen LogP contribution < -0.4 is 0 Å². The van der Waals surface area contributed by atoms with Crippen LogP contribution in [0.2, 0.25) is 0 Å². The van der Waals surface area contributed by atoms with Crippen LogP contribution in [-0.2, 0) is 9.53 Å². The zero-order valence-corrected chi connectivity index (χ0v) is 12.6. The van der Waals surface area contributed by atoms with Crippen LogP contribution in [-0.4, -0.2) is 35.5 Å². The number of hydrogen-bond donors (Lipinski definition) is 0. The van der Waals surface area contributed by atoms with Gasteiger partial charge in [0.15, 0.2) is 0 Å². The number of ether oxygens (including phenoxy) is 1. The van der Waals surface area contributed by atoms with Gasteiger partial charge in [-0.1, -0.05) is 19.8 Å². The van der Waals surface area contributed by atoms with Crippen LogP contribution in [0.1, 0.15) is 59.8 Å². The fourth-order valence-corrected chi connectivity index (χ4v) is 2.66. The van der Waals surface area contributed by atoms with Crippen molar-refractivity contribution in [2.75, 3.05) is 6.54 Å². The lowest BCUT2D eigenvalue weighted by Crippen LogP contribution is -2.47. The summed E-state index contributed by atoms with van der Waals surface area (Å²) in [6.45, 7) is 8.25. The third-order valence-corrected chi connectivity index (χ3v) is 3.58. The molecule has 1 rings (SSSR count). The first-order valence-electron chi connectivity index (χ1n) is 7.28. The fraction of sp³-hybridized carbons (Fsp3) is 0.867. The van der Waals surface area contributed by atoms with Crippen molar-refractivity contribution in [3.63, 3.8) is 0 Å². The lowest BCUT2D eigenvalue weighted by molar-refractivity contribution is -0.108. The van der Waals surface area contributed by atoms with Gasteiger partial charge < -0.3 is 14.4 Å². The van der Waals surface area contributed by atoms with Gasteiger partial charge in [0.25, 0.3) is 0 Å². The Bertz CT molecular complexity index is 309. The predicted molar refractivity (Wildman–Crippen MR) is 75.0 cm³/mol. The van der Waals surface area contributed by atoms with Gasteiger partial charge >= 0.3 is 6.09 Å². The molecule has 0 aliphatic heterocycles. The van der Waals surface area contributed by atoms with Crippen LogP contribution in [0.4, 0.5) is 4.79 Å². The molecule has 0 aromatic carbocycles. The van der Waals surface area contributed by atoms with E-state index in [0.29, 0.717) is 18.9 Å². The second-order valence-electron chi connectivity index (χ2n) is 6.46. The Morgan fingerprint density at radius 3 is 2.47 bits per heavy atom. The number of nitrogens with zero attached hydrogens (tertiary/aromatic N) is 1. The van der Waals surface area contributed by atoms with E-state index in [0.717, 1.165) is 25.5 Å². The maximum atomic E-state index is 12.3. The first-order valence-corrected chi connectivity index (χ1v) is 7.28. The molecule has 1 aliphatic carbocycles. The Morgan fingerprint density at radius 2 is 1.95 bits per heavy atom. The molecule has 19 heavy (non-hydrogen) atoms. The van der Waals surface area contributed by atoms with Gasteiger partial charge in [0.2, 0.25) is 0 Å². The first-order chi connectivity index (χ1) is 8.85. The maximum Gasteiger partial charge on any atom is 0.410 e. The summed E-state index contributed by atoms with van der Waals surface area (Å²) in [5.41, 5.74) is -0.492. The molecule has 0 bridgehead atoms. The van der Waals surface area contributed by atoms with Crippen LogP contribution in [0.25, 0.3) is 0 Å². The highest BCUT2D eigenvalue weighted by molar-refractivity contribution is 5.69. The first kappa shape index (κ1) is 16.0.